The molecule has 1 N–H and O–H groups in total. The molecule has 1 aliphatic carbocycles. The average molecular weight is 249 g/mol. The molecule has 18 heavy (non-hydrogen) atoms. The molecule has 0 aliphatic heterocycles. The molecule has 1 fully saturated rings. The van der Waals surface area contributed by atoms with Gasteiger partial charge in [-0.2, -0.15) is 0 Å². The van der Waals surface area contributed by atoms with E-state index in [-0.39, 0.29) is 0 Å². The van der Waals surface area contributed by atoms with Gasteiger partial charge in [0.1, 0.15) is 5.76 Å². The van der Waals surface area contributed by atoms with Gasteiger partial charge in [-0.3, -0.25) is 0 Å². The first kappa shape index (κ1) is 13.7. The highest BCUT2D eigenvalue weighted by Gasteiger charge is 2.31. The van der Waals surface area contributed by atoms with Crippen LogP contribution in [0.3, 0.4) is 0 Å². The average Bonchev–Trinajstić information content (AvgIpc) is 2.82. The van der Waals surface area contributed by atoms with Crippen molar-refractivity contribution in [2.75, 3.05) is 6.54 Å². The molecule has 0 amide bonds. The lowest BCUT2D eigenvalue weighted by Gasteiger charge is -2.37. The summed E-state index contributed by atoms with van der Waals surface area (Å²) in [7, 11) is 0. The van der Waals surface area contributed by atoms with Crippen LogP contribution >= 0.6 is 0 Å². The van der Waals surface area contributed by atoms with Crippen molar-refractivity contribution in [3.05, 3.63) is 23.7 Å². The van der Waals surface area contributed by atoms with Crippen LogP contribution in [-0.2, 0) is 0 Å². The third-order valence-electron chi connectivity index (χ3n) is 4.45. The van der Waals surface area contributed by atoms with Crippen molar-refractivity contribution >= 4 is 0 Å². The highest BCUT2D eigenvalue weighted by atomic mass is 16.3. The molecule has 0 bridgehead atoms. The molecule has 3 atom stereocenters. The maximum absolute atomic E-state index is 5.51. The molecule has 0 aromatic carbocycles. The zero-order valence-electron chi connectivity index (χ0n) is 12.0. The van der Waals surface area contributed by atoms with Crippen LogP contribution in [0, 0.1) is 18.8 Å². The quantitative estimate of drug-likeness (QED) is 0.833. The van der Waals surface area contributed by atoms with Crippen LogP contribution in [0.15, 0.2) is 16.7 Å². The minimum absolute atomic E-state index is 0.484. The molecule has 2 nitrogen and oxygen atoms in total. The van der Waals surface area contributed by atoms with Crippen molar-refractivity contribution in [3.63, 3.8) is 0 Å². The van der Waals surface area contributed by atoms with Crippen molar-refractivity contribution in [2.24, 2.45) is 11.8 Å². The van der Waals surface area contributed by atoms with Gasteiger partial charge in [0.05, 0.1) is 6.26 Å². The zero-order valence-corrected chi connectivity index (χ0v) is 12.0. The minimum Gasteiger partial charge on any atom is -0.469 e. The van der Waals surface area contributed by atoms with Gasteiger partial charge in [0, 0.05) is 11.6 Å². The maximum atomic E-state index is 5.51. The van der Waals surface area contributed by atoms with Gasteiger partial charge in [-0.1, -0.05) is 39.5 Å². The second-order valence-corrected chi connectivity index (χ2v) is 5.64. The van der Waals surface area contributed by atoms with E-state index < -0.39 is 0 Å². The number of furan rings is 1. The second kappa shape index (κ2) is 6.42. The van der Waals surface area contributed by atoms with Crippen LogP contribution in [0.1, 0.15) is 63.3 Å². The van der Waals surface area contributed by atoms with Crippen molar-refractivity contribution in [3.8, 4) is 0 Å². The zero-order chi connectivity index (χ0) is 13.0. The molecule has 1 heterocycles. The van der Waals surface area contributed by atoms with E-state index in [9.17, 15) is 0 Å². The van der Waals surface area contributed by atoms with Gasteiger partial charge in [0.15, 0.2) is 0 Å². The van der Waals surface area contributed by atoms with Gasteiger partial charge in [0.25, 0.3) is 0 Å². The van der Waals surface area contributed by atoms with Crippen molar-refractivity contribution < 1.29 is 4.42 Å². The van der Waals surface area contributed by atoms with E-state index in [1.165, 1.54) is 37.7 Å². The molecule has 0 saturated heterocycles. The fraction of sp³-hybridized carbons (Fsp3) is 0.750. The molecule has 2 rings (SSSR count). The topological polar surface area (TPSA) is 25.2 Å². The molecule has 102 valence electrons. The molecule has 1 saturated carbocycles. The lowest BCUT2D eigenvalue weighted by atomic mass is 9.72. The van der Waals surface area contributed by atoms with Gasteiger partial charge < -0.3 is 9.73 Å². The van der Waals surface area contributed by atoms with E-state index in [1.54, 1.807) is 0 Å². The lowest BCUT2D eigenvalue weighted by molar-refractivity contribution is 0.176. The molecular formula is C16H27NO. The van der Waals surface area contributed by atoms with Crippen LogP contribution in [0.25, 0.3) is 0 Å². The monoisotopic (exact) mass is 249 g/mol. The van der Waals surface area contributed by atoms with Crippen LogP contribution in [0.5, 0.6) is 0 Å². The van der Waals surface area contributed by atoms with E-state index in [4.69, 9.17) is 4.42 Å². The summed E-state index contributed by atoms with van der Waals surface area (Å²) in [6, 6.07) is 2.69. The number of rotatable bonds is 5. The Balaban J connectivity index is 2.17. The van der Waals surface area contributed by atoms with E-state index in [2.05, 4.69) is 25.2 Å². The molecule has 3 unspecified atom stereocenters. The van der Waals surface area contributed by atoms with E-state index in [1.807, 2.05) is 13.2 Å². The molecule has 1 aromatic heterocycles. The number of hydrogen-bond acceptors (Lipinski definition) is 2. The first-order chi connectivity index (χ1) is 8.76. The number of hydrogen-bond donors (Lipinski definition) is 1. The summed E-state index contributed by atoms with van der Waals surface area (Å²) in [5, 5.41) is 3.69. The second-order valence-electron chi connectivity index (χ2n) is 5.64. The Morgan fingerprint density at radius 2 is 2.11 bits per heavy atom. The van der Waals surface area contributed by atoms with Crippen LogP contribution in [-0.4, -0.2) is 6.54 Å². The van der Waals surface area contributed by atoms with Gasteiger partial charge in [-0.05, 0) is 37.8 Å². The van der Waals surface area contributed by atoms with Crippen molar-refractivity contribution in [1.82, 2.24) is 5.32 Å². The third kappa shape index (κ3) is 2.97. The van der Waals surface area contributed by atoms with Crippen molar-refractivity contribution in [1.29, 1.82) is 0 Å². The highest BCUT2D eigenvalue weighted by Crippen LogP contribution is 2.40. The standard InChI is InChI=1S/C16H27NO/c1-4-13-8-6-7-9-15(13)16(17-5-2)14-10-12(3)18-11-14/h10-11,13,15-17H,4-9H2,1-3H3. The summed E-state index contributed by atoms with van der Waals surface area (Å²) in [4.78, 5) is 0. The first-order valence-electron chi connectivity index (χ1n) is 7.54. The van der Waals surface area contributed by atoms with E-state index in [0.717, 1.165) is 24.1 Å². The normalized spacial score (nSPS) is 26.2. The predicted octanol–water partition coefficient (Wildman–Crippen LogP) is 4.46. The highest BCUT2D eigenvalue weighted by molar-refractivity contribution is 5.18. The molecule has 2 heteroatoms. The van der Waals surface area contributed by atoms with Crippen LogP contribution in [0.2, 0.25) is 0 Å². The third-order valence-corrected chi connectivity index (χ3v) is 4.45. The molecule has 1 aromatic rings. The minimum atomic E-state index is 0.484. The fourth-order valence-corrected chi connectivity index (χ4v) is 3.55. The summed E-state index contributed by atoms with van der Waals surface area (Å²) >= 11 is 0. The van der Waals surface area contributed by atoms with E-state index >= 15 is 0 Å². The Hall–Kier alpha value is -0.760. The first-order valence-corrected chi connectivity index (χ1v) is 7.54. The molecule has 0 spiro atoms. The lowest BCUT2D eigenvalue weighted by Crippen LogP contribution is -2.34. The van der Waals surface area contributed by atoms with Gasteiger partial charge in [-0.25, -0.2) is 0 Å². The Morgan fingerprint density at radius 3 is 2.72 bits per heavy atom. The Bertz CT molecular complexity index is 358. The predicted molar refractivity (Wildman–Crippen MR) is 75.6 cm³/mol. The van der Waals surface area contributed by atoms with Crippen LogP contribution in [0.4, 0.5) is 0 Å². The molecule has 0 radical (unpaired) electrons. The van der Waals surface area contributed by atoms with Crippen molar-refractivity contribution in [2.45, 2.75) is 58.9 Å². The Labute approximate surface area is 111 Å². The largest absolute Gasteiger partial charge is 0.469 e. The SMILES string of the molecule is CCNC(c1coc(C)c1)C1CCCCC1CC. The van der Waals surface area contributed by atoms with Crippen LogP contribution < -0.4 is 5.32 Å². The Kier molecular flexibility index (Phi) is 4.87. The van der Waals surface area contributed by atoms with Gasteiger partial charge >= 0.3 is 0 Å². The van der Waals surface area contributed by atoms with E-state index in [0.29, 0.717) is 6.04 Å². The number of nitrogens with one attached hydrogen (secondary N) is 1. The summed E-state index contributed by atoms with van der Waals surface area (Å²) in [5.74, 6) is 2.68. The summed E-state index contributed by atoms with van der Waals surface area (Å²) in [6.45, 7) is 7.60. The van der Waals surface area contributed by atoms with Gasteiger partial charge in [-0.15, -0.1) is 0 Å². The smallest absolute Gasteiger partial charge is 0.101 e. The summed E-state index contributed by atoms with van der Waals surface area (Å²) in [5.41, 5.74) is 1.35. The molecular weight excluding hydrogens is 222 g/mol. The number of aryl methyl sites for hydroxylation is 1. The Morgan fingerprint density at radius 1 is 1.33 bits per heavy atom. The fourth-order valence-electron chi connectivity index (χ4n) is 3.55. The summed E-state index contributed by atoms with van der Waals surface area (Å²) in [6.07, 6.45) is 8.83. The van der Waals surface area contributed by atoms with Gasteiger partial charge in [0.2, 0.25) is 0 Å². The molecule has 1 aliphatic rings. The summed E-state index contributed by atoms with van der Waals surface area (Å²) < 4.78 is 5.51. The maximum Gasteiger partial charge on any atom is 0.101 e.